The summed E-state index contributed by atoms with van der Waals surface area (Å²) in [4.78, 5) is 13.5. The van der Waals surface area contributed by atoms with Crippen LogP contribution in [0, 0.1) is 18.4 Å². The molecule has 0 aliphatic carbocycles. The molecule has 0 radical (unpaired) electrons. The summed E-state index contributed by atoms with van der Waals surface area (Å²) in [6.45, 7) is 2.45. The van der Waals surface area contributed by atoms with Crippen molar-refractivity contribution in [1.29, 1.82) is 5.26 Å². The van der Waals surface area contributed by atoms with E-state index >= 15 is 0 Å². The van der Waals surface area contributed by atoms with Gasteiger partial charge in [0.25, 0.3) is 0 Å². The Labute approximate surface area is 85.8 Å². The van der Waals surface area contributed by atoms with Crippen LogP contribution in [-0.2, 0) is 0 Å². The fourth-order valence-electron chi connectivity index (χ4n) is 1.51. The number of carbonyl (C=O) groups excluding carboxylic acids is 1. The predicted octanol–water partition coefficient (Wildman–Crippen LogP) is 1.60. The highest BCUT2D eigenvalue weighted by Gasteiger charge is 2.31. The number of hydrogen-bond acceptors (Lipinski definition) is 3. The summed E-state index contributed by atoms with van der Waals surface area (Å²) in [5.74, 6) is 0. The van der Waals surface area contributed by atoms with Crippen molar-refractivity contribution in [3.8, 4) is 6.19 Å². The SMILES string of the molecule is Cc1ccsc1C1CN(C#N)C(=O)N1. The Balaban J connectivity index is 2.21. The zero-order valence-corrected chi connectivity index (χ0v) is 8.47. The van der Waals surface area contributed by atoms with Crippen LogP contribution in [0.25, 0.3) is 0 Å². The van der Waals surface area contributed by atoms with Crippen molar-refractivity contribution >= 4 is 17.4 Å². The summed E-state index contributed by atoms with van der Waals surface area (Å²) in [6, 6.07) is 1.69. The molecule has 1 unspecified atom stereocenters. The average Bonchev–Trinajstić information content (AvgIpc) is 2.71. The van der Waals surface area contributed by atoms with Crippen molar-refractivity contribution < 1.29 is 4.79 Å². The number of nitriles is 1. The van der Waals surface area contributed by atoms with Crippen LogP contribution < -0.4 is 5.32 Å². The van der Waals surface area contributed by atoms with Gasteiger partial charge in [-0.15, -0.1) is 11.3 Å². The molecular formula is C9H9N3OS. The monoisotopic (exact) mass is 207 g/mol. The van der Waals surface area contributed by atoms with Gasteiger partial charge in [-0.3, -0.25) is 0 Å². The molecule has 1 aromatic heterocycles. The predicted molar refractivity (Wildman–Crippen MR) is 52.6 cm³/mol. The summed E-state index contributed by atoms with van der Waals surface area (Å²) >= 11 is 1.61. The fraction of sp³-hybridized carbons (Fsp3) is 0.333. The number of aryl methyl sites for hydroxylation is 1. The molecule has 2 rings (SSSR count). The summed E-state index contributed by atoms with van der Waals surface area (Å²) in [6.07, 6.45) is 1.85. The lowest BCUT2D eigenvalue weighted by atomic mass is 10.2. The summed E-state index contributed by atoms with van der Waals surface area (Å²) in [7, 11) is 0. The second kappa shape index (κ2) is 3.31. The number of amides is 2. The molecule has 1 aromatic rings. The van der Waals surface area contributed by atoms with Crippen molar-refractivity contribution in [1.82, 2.24) is 10.2 Å². The molecule has 1 N–H and O–H groups in total. The number of nitrogens with one attached hydrogen (secondary N) is 1. The quantitative estimate of drug-likeness (QED) is 0.711. The van der Waals surface area contributed by atoms with E-state index in [1.54, 1.807) is 11.3 Å². The molecule has 72 valence electrons. The van der Waals surface area contributed by atoms with E-state index in [2.05, 4.69) is 5.32 Å². The van der Waals surface area contributed by atoms with Crippen molar-refractivity contribution in [3.05, 3.63) is 21.9 Å². The highest BCUT2D eigenvalue weighted by atomic mass is 32.1. The third-order valence-electron chi connectivity index (χ3n) is 2.25. The minimum absolute atomic E-state index is 0.0258. The maximum atomic E-state index is 11.2. The lowest BCUT2D eigenvalue weighted by molar-refractivity contribution is 0.232. The van der Waals surface area contributed by atoms with E-state index in [4.69, 9.17) is 5.26 Å². The molecule has 2 amide bonds. The first-order chi connectivity index (χ1) is 6.72. The van der Waals surface area contributed by atoms with Crippen LogP contribution in [0.4, 0.5) is 4.79 Å². The standard InChI is InChI=1S/C9H9N3OS/c1-6-2-3-14-8(6)7-4-12(5-10)9(13)11-7/h2-3,7H,4H2,1H3,(H,11,13). The Kier molecular flexibility index (Phi) is 2.14. The van der Waals surface area contributed by atoms with Crippen LogP contribution >= 0.6 is 11.3 Å². The summed E-state index contributed by atoms with van der Waals surface area (Å²) in [5.41, 5.74) is 1.17. The van der Waals surface area contributed by atoms with E-state index in [-0.39, 0.29) is 12.1 Å². The van der Waals surface area contributed by atoms with Crippen LogP contribution in [0.5, 0.6) is 0 Å². The number of thiophene rings is 1. The zero-order valence-electron chi connectivity index (χ0n) is 7.65. The maximum Gasteiger partial charge on any atom is 0.331 e. The Hall–Kier alpha value is -1.54. The Morgan fingerprint density at radius 3 is 3.07 bits per heavy atom. The van der Waals surface area contributed by atoms with Crippen LogP contribution in [0.1, 0.15) is 16.5 Å². The normalized spacial score (nSPS) is 20.7. The van der Waals surface area contributed by atoms with Gasteiger partial charge >= 0.3 is 6.03 Å². The van der Waals surface area contributed by atoms with E-state index in [0.717, 1.165) is 9.78 Å². The topological polar surface area (TPSA) is 56.1 Å². The molecule has 1 aliphatic heterocycles. The molecule has 1 atom stereocenters. The molecule has 1 fully saturated rings. The van der Waals surface area contributed by atoms with E-state index in [0.29, 0.717) is 6.54 Å². The smallest absolute Gasteiger partial charge is 0.328 e. The molecule has 0 spiro atoms. The third kappa shape index (κ3) is 1.34. The largest absolute Gasteiger partial charge is 0.331 e. The summed E-state index contributed by atoms with van der Waals surface area (Å²) < 4.78 is 0. The molecule has 0 bridgehead atoms. The van der Waals surface area contributed by atoms with E-state index in [1.165, 1.54) is 5.56 Å². The minimum Gasteiger partial charge on any atom is -0.328 e. The maximum absolute atomic E-state index is 11.2. The van der Waals surface area contributed by atoms with E-state index in [1.807, 2.05) is 24.6 Å². The highest BCUT2D eigenvalue weighted by molar-refractivity contribution is 7.10. The second-order valence-electron chi connectivity index (χ2n) is 3.18. The van der Waals surface area contributed by atoms with Crippen LogP contribution in [-0.4, -0.2) is 17.5 Å². The van der Waals surface area contributed by atoms with Gasteiger partial charge in [0.1, 0.15) is 0 Å². The number of nitrogens with zero attached hydrogens (tertiary/aromatic N) is 2. The van der Waals surface area contributed by atoms with Crippen molar-refractivity contribution in [3.63, 3.8) is 0 Å². The van der Waals surface area contributed by atoms with Gasteiger partial charge in [-0.25, -0.2) is 9.69 Å². The third-order valence-corrected chi connectivity index (χ3v) is 3.38. The molecule has 14 heavy (non-hydrogen) atoms. The molecule has 1 saturated heterocycles. The van der Waals surface area contributed by atoms with Crippen molar-refractivity contribution in [2.24, 2.45) is 0 Å². The first-order valence-electron chi connectivity index (χ1n) is 4.24. The number of urea groups is 1. The molecule has 1 aliphatic rings. The van der Waals surface area contributed by atoms with Crippen LogP contribution in [0.15, 0.2) is 11.4 Å². The minimum atomic E-state index is -0.301. The van der Waals surface area contributed by atoms with Gasteiger partial charge in [0.15, 0.2) is 6.19 Å². The van der Waals surface area contributed by atoms with E-state index in [9.17, 15) is 4.79 Å². The van der Waals surface area contributed by atoms with Gasteiger partial charge in [-0.2, -0.15) is 5.26 Å². The number of hydrogen-bond donors (Lipinski definition) is 1. The number of carbonyl (C=O) groups is 1. The zero-order chi connectivity index (χ0) is 10.1. The van der Waals surface area contributed by atoms with Crippen molar-refractivity contribution in [2.75, 3.05) is 6.54 Å². The molecule has 2 heterocycles. The lowest BCUT2D eigenvalue weighted by Gasteiger charge is -2.06. The molecule has 0 aromatic carbocycles. The Morgan fingerprint density at radius 2 is 2.57 bits per heavy atom. The Bertz CT molecular complexity index is 406. The molecular weight excluding hydrogens is 198 g/mol. The first-order valence-corrected chi connectivity index (χ1v) is 5.12. The summed E-state index contributed by atoms with van der Waals surface area (Å²) in [5, 5.41) is 13.4. The molecule has 5 heteroatoms. The van der Waals surface area contributed by atoms with Gasteiger partial charge in [0.2, 0.25) is 0 Å². The van der Waals surface area contributed by atoms with Gasteiger partial charge in [0.05, 0.1) is 12.6 Å². The van der Waals surface area contributed by atoms with Crippen molar-refractivity contribution in [2.45, 2.75) is 13.0 Å². The molecule has 0 saturated carbocycles. The van der Waals surface area contributed by atoms with Crippen LogP contribution in [0.3, 0.4) is 0 Å². The first kappa shape index (κ1) is 9.03. The number of rotatable bonds is 1. The van der Waals surface area contributed by atoms with Gasteiger partial charge in [0, 0.05) is 4.88 Å². The average molecular weight is 207 g/mol. The lowest BCUT2D eigenvalue weighted by Crippen LogP contribution is -2.23. The molecule has 4 nitrogen and oxygen atoms in total. The van der Waals surface area contributed by atoms with E-state index < -0.39 is 0 Å². The van der Waals surface area contributed by atoms with Gasteiger partial charge < -0.3 is 5.32 Å². The van der Waals surface area contributed by atoms with Gasteiger partial charge in [-0.05, 0) is 23.9 Å². The van der Waals surface area contributed by atoms with Gasteiger partial charge in [-0.1, -0.05) is 0 Å². The Morgan fingerprint density at radius 1 is 1.79 bits per heavy atom. The fourth-order valence-corrected chi connectivity index (χ4v) is 2.48. The second-order valence-corrected chi connectivity index (χ2v) is 4.13. The highest BCUT2D eigenvalue weighted by Crippen LogP contribution is 2.27. The van der Waals surface area contributed by atoms with Crippen LogP contribution in [0.2, 0.25) is 0 Å².